The third kappa shape index (κ3) is 2.98. The fourth-order valence-corrected chi connectivity index (χ4v) is 1.56. The number of hydrogen-bond donors (Lipinski definition) is 1. The molecule has 0 fully saturated rings. The fraction of sp³-hybridized carbons (Fsp3) is 0.143. The molecule has 0 radical (unpaired) electrons. The lowest BCUT2D eigenvalue weighted by molar-refractivity contribution is 0.415. The molecule has 0 bridgehead atoms. The second kappa shape index (κ2) is 5.69. The maximum Gasteiger partial charge on any atom is 0.140 e. The van der Waals surface area contributed by atoms with Crippen molar-refractivity contribution < 1.29 is 4.74 Å². The van der Waals surface area contributed by atoms with Crippen LogP contribution in [0.15, 0.2) is 42.6 Å². The molecule has 0 aliphatic carbocycles. The molecule has 0 aliphatic rings. The van der Waals surface area contributed by atoms with Crippen molar-refractivity contribution >= 4 is 5.69 Å². The summed E-state index contributed by atoms with van der Waals surface area (Å²) in [5.74, 6) is 0.830. The van der Waals surface area contributed by atoms with Crippen molar-refractivity contribution in [2.24, 2.45) is 0 Å². The molecule has 1 heterocycles. The zero-order valence-electron chi connectivity index (χ0n) is 10.1. The largest absolute Gasteiger partial charge is 0.497 e. The normalized spacial score (nSPS) is 9.56. The average molecular weight is 239 g/mol. The minimum absolute atomic E-state index is 0.434. The third-order valence-electron chi connectivity index (χ3n) is 2.53. The van der Waals surface area contributed by atoms with Crippen molar-refractivity contribution in [1.82, 2.24) is 4.98 Å². The van der Waals surface area contributed by atoms with Gasteiger partial charge in [0.15, 0.2) is 0 Å². The van der Waals surface area contributed by atoms with Gasteiger partial charge < -0.3 is 10.1 Å². The van der Waals surface area contributed by atoms with Gasteiger partial charge in [-0.3, -0.25) is 0 Å². The van der Waals surface area contributed by atoms with Gasteiger partial charge >= 0.3 is 0 Å². The minimum Gasteiger partial charge on any atom is -0.497 e. The Labute approximate surface area is 106 Å². The number of nitriles is 1. The standard InChI is InChI=1S/C14H13N3O/c1-18-14-4-2-12(3-5-14)17-10-11-6-7-16-13(8-11)9-15/h2-8,17H,10H2,1H3. The molecular formula is C14H13N3O. The topological polar surface area (TPSA) is 57.9 Å². The second-order valence-electron chi connectivity index (χ2n) is 3.74. The molecule has 4 heteroatoms. The number of anilines is 1. The Morgan fingerprint density at radius 1 is 1.28 bits per heavy atom. The number of methoxy groups -OCH3 is 1. The molecule has 0 aliphatic heterocycles. The molecule has 0 saturated carbocycles. The van der Waals surface area contributed by atoms with E-state index in [-0.39, 0.29) is 0 Å². The molecule has 4 nitrogen and oxygen atoms in total. The van der Waals surface area contributed by atoms with Crippen LogP contribution in [0.4, 0.5) is 5.69 Å². The van der Waals surface area contributed by atoms with Gasteiger partial charge in [-0.1, -0.05) is 0 Å². The van der Waals surface area contributed by atoms with Crippen molar-refractivity contribution in [3.8, 4) is 11.8 Å². The predicted molar refractivity (Wildman–Crippen MR) is 69.3 cm³/mol. The highest BCUT2D eigenvalue weighted by atomic mass is 16.5. The van der Waals surface area contributed by atoms with E-state index in [1.54, 1.807) is 19.4 Å². The number of pyridine rings is 1. The fourth-order valence-electron chi connectivity index (χ4n) is 1.56. The number of nitrogens with one attached hydrogen (secondary N) is 1. The van der Waals surface area contributed by atoms with Crippen LogP contribution in [0, 0.1) is 11.3 Å². The zero-order chi connectivity index (χ0) is 12.8. The summed E-state index contributed by atoms with van der Waals surface area (Å²) in [7, 11) is 1.64. The van der Waals surface area contributed by atoms with Gasteiger partial charge in [0.2, 0.25) is 0 Å². The first-order chi connectivity index (χ1) is 8.81. The van der Waals surface area contributed by atoms with Crippen LogP contribution < -0.4 is 10.1 Å². The van der Waals surface area contributed by atoms with E-state index in [9.17, 15) is 0 Å². The number of nitrogens with zero attached hydrogens (tertiary/aromatic N) is 2. The predicted octanol–water partition coefficient (Wildman–Crippen LogP) is 2.57. The summed E-state index contributed by atoms with van der Waals surface area (Å²) >= 11 is 0. The molecular weight excluding hydrogens is 226 g/mol. The van der Waals surface area contributed by atoms with Gasteiger partial charge in [0.25, 0.3) is 0 Å². The van der Waals surface area contributed by atoms with Crippen LogP contribution in [0.3, 0.4) is 0 Å². The molecule has 0 saturated heterocycles. The van der Waals surface area contributed by atoms with Crippen LogP contribution in [0.25, 0.3) is 0 Å². The highest BCUT2D eigenvalue weighted by Crippen LogP contribution is 2.15. The van der Waals surface area contributed by atoms with Gasteiger partial charge in [-0.05, 0) is 42.0 Å². The molecule has 0 atom stereocenters. The molecule has 1 aromatic heterocycles. The second-order valence-corrected chi connectivity index (χ2v) is 3.74. The first-order valence-corrected chi connectivity index (χ1v) is 5.55. The Morgan fingerprint density at radius 3 is 2.72 bits per heavy atom. The lowest BCUT2D eigenvalue weighted by atomic mass is 10.2. The number of rotatable bonds is 4. The van der Waals surface area contributed by atoms with Crippen molar-refractivity contribution in [3.05, 3.63) is 53.9 Å². The van der Waals surface area contributed by atoms with Crippen LogP contribution in [-0.4, -0.2) is 12.1 Å². The lowest BCUT2D eigenvalue weighted by Gasteiger charge is -2.07. The van der Waals surface area contributed by atoms with E-state index in [2.05, 4.69) is 10.3 Å². The van der Waals surface area contributed by atoms with E-state index in [1.165, 1.54) is 0 Å². The Kier molecular flexibility index (Phi) is 3.77. The van der Waals surface area contributed by atoms with E-state index >= 15 is 0 Å². The molecule has 2 rings (SSSR count). The monoisotopic (exact) mass is 239 g/mol. The smallest absolute Gasteiger partial charge is 0.140 e. The third-order valence-corrected chi connectivity index (χ3v) is 2.53. The first kappa shape index (κ1) is 11.9. The van der Waals surface area contributed by atoms with Crippen LogP contribution >= 0.6 is 0 Å². The van der Waals surface area contributed by atoms with Gasteiger partial charge in [-0.2, -0.15) is 5.26 Å². The molecule has 0 spiro atoms. The first-order valence-electron chi connectivity index (χ1n) is 5.55. The average Bonchev–Trinajstić information content (AvgIpc) is 2.46. The Morgan fingerprint density at radius 2 is 2.06 bits per heavy atom. The maximum absolute atomic E-state index is 8.76. The summed E-state index contributed by atoms with van der Waals surface area (Å²) in [5.41, 5.74) is 2.47. The number of benzene rings is 1. The SMILES string of the molecule is COc1ccc(NCc2ccnc(C#N)c2)cc1. The highest BCUT2D eigenvalue weighted by Gasteiger charge is 1.97. The summed E-state index contributed by atoms with van der Waals surface area (Å²) in [6.07, 6.45) is 1.64. The summed E-state index contributed by atoms with van der Waals surface area (Å²) in [6.45, 7) is 0.656. The van der Waals surface area contributed by atoms with Crippen LogP contribution in [0.1, 0.15) is 11.3 Å². The number of aromatic nitrogens is 1. The van der Waals surface area contributed by atoms with E-state index in [0.29, 0.717) is 12.2 Å². The summed E-state index contributed by atoms with van der Waals surface area (Å²) in [6, 6.07) is 13.4. The quantitative estimate of drug-likeness (QED) is 0.890. The van der Waals surface area contributed by atoms with E-state index in [0.717, 1.165) is 17.0 Å². The van der Waals surface area contributed by atoms with Gasteiger partial charge in [-0.25, -0.2) is 4.98 Å². The molecule has 1 N–H and O–H groups in total. The van der Waals surface area contributed by atoms with Gasteiger partial charge in [-0.15, -0.1) is 0 Å². The summed E-state index contributed by atoms with van der Waals surface area (Å²) in [4.78, 5) is 3.93. The maximum atomic E-state index is 8.76. The van der Waals surface area contributed by atoms with Gasteiger partial charge in [0, 0.05) is 18.4 Å². The zero-order valence-corrected chi connectivity index (χ0v) is 10.1. The molecule has 90 valence electrons. The van der Waals surface area contributed by atoms with E-state index < -0.39 is 0 Å². The van der Waals surface area contributed by atoms with Gasteiger partial charge in [0.05, 0.1) is 7.11 Å². The Balaban J connectivity index is 2.00. The van der Waals surface area contributed by atoms with Crippen molar-refractivity contribution in [2.45, 2.75) is 6.54 Å². The number of ether oxygens (including phenoxy) is 1. The highest BCUT2D eigenvalue weighted by molar-refractivity contribution is 5.46. The molecule has 18 heavy (non-hydrogen) atoms. The van der Waals surface area contributed by atoms with E-state index in [1.807, 2.05) is 36.4 Å². The van der Waals surface area contributed by atoms with Crippen LogP contribution in [0.5, 0.6) is 5.75 Å². The Bertz CT molecular complexity index is 558. The van der Waals surface area contributed by atoms with Crippen molar-refractivity contribution in [1.29, 1.82) is 5.26 Å². The van der Waals surface area contributed by atoms with Crippen LogP contribution in [-0.2, 0) is 6.54 Å². The number of hydrogen-bond acceptors (Lipinski definition) is 4. The summed E-state index contributed by atoms with van der Waals surface area (Å²) in [5, 5.41) is 12.0. The van der Waals surface area contributed by atoms with E-state index in [4.69, 9.17) is 10.00 Å². The summed E-state index contributed by atoms with van der Waals surface area (Å²) < 4.78 is 5.09. The molecule has 1 aromatic carbocycles. The molecule has 0 amide bonds. The Hall–Kier alpha value is -2.54. The minimum atomic E-state index is 0.434. The van der Waals surface area contributed by atoms with Crippen molar-refractivity contribution in [2.75, 3.05) is 12.4 Å². The van der Waals surface area contributed by atoms with Crippen LogP contribution in [0.2, 0.25) is 0 Å². The molecule has 2 aromatic rings. The van der Waals surface area contributed by atoms with Crippen molar-refractivity contribution in [3.63, 3.8) is 0 Å². The van der Waals surface area contributed by atoms with Gasteiger partial charge in [0.1, 0.15) is 17.5 Å². The lowest BCUT2D eigenvalue weighted by Crippen LogP contribution is -2.00. The molecule has 0 unspecified atom stereocenters.